The zero-order chi connectivity index (χ0) is 18.4. The summed E-state index contributed by atoms with van der Waals surface area (Å²) in [5, 5.41) is 3.90. The van der Waals surface area contributed by atoms with Crippen molar-refractivity contribution in [2.24, 2.45) is 5.92 Å². The second-order valence-corrected chi connectivity index (χ2v) is 8.91. The molecule has 4 nitrogen and oxygen atoms in total. The summed E-state index contributed by atoms with van der Waals surface area (Å²) in [6.07, 6.45) is 7.38. The molecular formula is C21H31NO3S. The Hall–Kier alpha value is -1.36. The molecule has 0 spiro atoms. The van der Waals surface area contributed by atoms with Gasteiger partial charge in [0.2, 0.25) is 5.91 Å². The van der Waals surface area contributed by atoms with Crippen LogP contribution in [-0.2, 0) is 4.79 Å². The smallest absolute Gasteiger partial charge is 0.230 e. The first kappa shape index (κ1) is 19.4. The Morgan fingerprint density at radius 1 is 1.12 bits per heavy atom. The average Bonchev–Trinajstić information content (AvgIpc) is 2.90. The van der Waals surface area contributed by atoms with E-state index < -0.39 is 0 Å². The van der Waals surface area contributed by atoms with Gasteiger partial charge < -0.3 is 14.8 Å². The predicted octanol–water partition coefficient (Wildman–Crippen LogP) is 4.73. The van der Waals surface area contributed by atoms with Crippen molar-refractivity contribution in [2.75, 3.05) is 19.0 Å². The van der Waals surface area contributed by atoms with Gasteiger partial charge in [0.05, 0.1) is 25.0 Å². The van der Waals surface area contributed by atoms with Gasteiger partial charge in [-0.3, -0.25) is 4.79 Å². The van der Waals surface area contributed by atoms with Crippen LogP contribution in [-0.4, -0.2) is 30.1 Å². The molecule has 1 aliphatic heterocycles. The van der Waals surface area contributed by atoms with Crippen LogP contribution in [0.4, 0.5) is 0 Å². The number of benzene rings is 1. The van der Waals surface area contributed by atoms with Crippen LogP contribution in [0.5, 0.6) is 11.5 Å². The van der Waals surface area contributed by atoms with Crippen molar-refractivity contribution < 1.29 is 14.3 Å². The first-order valence-corrected chi connectivity index (χ1v) is 11.0. The molecule has 1 aromatic carbocycles. The fraction of sp³-hybridized carbons (Fsp3) is 0.667. The van der Waals surface area contributed by atoms with E-state index in [-0.39, 0.29) is 11.9 Å². The van der Waals surface area contributed by atoms with Gasteiger partial charge in [-0.25, -0.2) is 0 Å². The van der Waals surface area contributed by atoms with Crippen LogP contribution in [0, 0.1) is 5.92 Å². The molecule has 5 heteroatoms. The molecule has 0 aromatic heterocycles. The van der Waals surface area contributed by atoms with E-state index in [1.54, 1.807) is 0 Å². The third-order valence-electron chi connectivity index (χ3n) is 5.12. The Labute approximate surface area is 161 Å². The highest BCUT2D eigenvalue weighted by molar-refractivity contribution is 8.00. The molecule has 1 unspecified atom stereocenters. The lowest BCUT2D eigenvalue weighted by Gasteiger charge is -2.25. The molecule has 26 heavy (non-hydrogen) atoms. The molecule has 0 bridgehead atoms. The van der Waals surface area contributed by atoms with Gasteiger partial charge in [0.1, 0.15) is 0 Å². The van der Waals surface area contributed by atoms with Crippen LogP contribution >= 0.6 is 11.8 Å². The molecule has 3 rings (SSSR count). The first-order chi connectivity index (χ1) is 12.6. The Kier molecular flexibility index (Phi) is 7.12. The zero-order valence-corrected chi connectivity index (χ0v) is 16.8. The normalized spacial score (nSPS) is 19.0. The molecule has 1 fully saturated rings. The molecule has 1 amide bonds. The lowest BCUT2D eigenvalue weighted by molar-refractivity contribution is -0.119. The van der Waals surface area contributed by atoms with Gasteiger partial charge >= 0.3 is 0 Å². The van der Waals surface area contributed by atoms with E-state index in [4.69, 9.17) is 9.47 Å². The Morgan fingerprint density at radius 3 is 2.58 bits per heavy atom. The maximum atomic E-state index is 12.5. The Balaban J connectivity index is 1.61. The van der Waals surface area contributed by atoms with Crippen LogP contribution in [0.25, 0.3) is 0 Å². The SMILES string of the molecule is CC(C)C(NC(=O)CSC1CCCCC1)c1ccc2c(c1)OCCCO2. The largest absolute Gasteiger partial charge is 0.490 e. The maximum Gasteiger partial charge on any atom is 0.230 e. The summed E-state index contributed by atoms with van der Waals surface area (Å²) >= 11 is 1.82. The Bertz CT molecular complexity index is 599. The third kappa shape index (κ3) is 5.32. The highest BCUT2D eigenvalue weighted by Crippen LogP contribution is 2.34. The minimum Gasteiger partial charge on any atom is -0.490 e. The standard InChI is InChI=1S/C21H31NO3S/c1-15(2)21(22-20(23)14-26-17-7-4-3-5-8-17)16-9-10-18-19(13-16)25-12-6-11-24-18/h9-10,13,15,17,21H,3-8,11-12,14H2,1-2H3,(H,22,23). The topological polar surface area (TPSA) is 47.6 Å². The van der Waals surface area contributed by atoms with Gasteiger partial charge in [0.25, 0.3) is 0 Å². The number of thioether (sulfide) groups is 1. The summed E-state index contributed by atoms with van der Waals surface area (Å²) < 4.78 is 11.5. The van der Waals surface area contributed by atoms with Gasteiger partial charge in [-0.15, -0.1) is 11.8 Å². The van der Waals surface area contributed by atoms with Crippen LogP contribution in [0.1, 0.15) is 64.0 Å². The molecule has 1 atom stereocenters. The fourth-order valence-electron chi connectivity index (χ4n) is 3.65. The van der Waals surface area contributed by atoms with Crippen molar-refractivity contribution >= 4 is 17.7 Å². The number of nitrogens with one attached hydrogen (secondary N) is 1. The molecule has 1 N–H and O–H groups in total. The van der Waals surface area contributed by atoms with E-state index in [0.717, 1.165) is 23.5 Å². The van der Waals surface area contributed by atoms with Crippen molar-refractivity contribution in [1.82, 2.24) is 5.32 Å². The fourth-order valence-corrected chi connectivity index (χ4v) is 4.79. The van der Waals surface area contributed by atoms with Crippen LogP contribution < -0.4 is 14.8 Å². The van der Waals surface area contributed by atoms with E-state index in [0.29, 0.717) is 30.1 Å². The predicted molar refractivity (Wildman–Crippen MR) is 107 cm³/mol. The molecule has 1 saturated carbocycles. The molecule has 2 aliphatic rings. The van der Waals surface area contributed by atoms with Gasteiger partial charge in [-0.1, -0.05) is 39.2 Å². The van der Waals surface area contributed by atoms with E-state index in [2.05, 4.69) is 19.2 Å². The minimum absolute atomic E-state index is 0.00777. The number of carbonyl (C=O) groups excluding carboxylic acids is 1. The first-order valence-electron chi connectivity index (χ1n) is 9.94. The second kappa shape index (κ2) is 9.54. The number of hydrogen-bond acceptors (Lipinski definition) is 4. The van der Waals surface area contributed by atoms with Crippen LogP contribution in [0.15, 0.2) is 18.2 Å². The van der Waals surface area contributed by atoms with Gasteiger partial charge in [-0.05, 0) is 36.5 Å². The summed E-state index contributed by atoms with van der Waals surface area (Å²) in [7, 11) is 0. The lowest BCUT2D eigenvalue weighted by Crippen LogP contribution is -2.33. The summed E-state index contributed by atoms with van der Waals surface area (Å²) in [4.78, 5) is 12.5. The van der Waals surface area contributed by atoms with E-state index in [9.17, 15) is 4.79 Å². The van der Waals surface area contributed by atoms with Crippen molar-refractivity contribution in [3.05, 3.63) is 23.8 Å². The minimum atomic E-state index is -0.00777. The van der Waals surface area contributed by atoms with Crippen molar-refractivity contribution in [2.45, 2.75) is 63.7 Å². The van der Waals surface area contributed by atoms with Gasteiger partial charge in [0, 0.05) is 11.7 Å². The van der Waals surface area contributed by atoms with Crippen LogP contribution in [0.3, 0.4) is 0 Å². The second-order valence-electron chi connectivity index (χ2n) is 7.62. The van der Waals surface area contributed by atoms with E-state index in [1.165, 1.54) is 32.1 Å². The summed E-state index contributed by atoms with van der Waals surface area (Å²) in [5.41, 5.74) is 1.08. The number of amides is 1. The monoisotopic (exact) mass is 377 g/mol. The quantitative estimate of drug-likeness (QED) is 0.779. The average molecular weight is 378 g/mol. The number of ether oxygens (including phenoxy) is 2. The lowest BCUT2D eigenvalue weighted by atomic mass is 9.95. The van der Waals surface area contributed by atoms with Crippen molar-refractivity contribution in [3.8, 4) is 11.5 Å². The number of rotatable bonds is 6. The highest BCUT2D eigenvalue weighted by atomic mass is 32.2. The Morgan fingerprint density at radius 2 is 1.85 bits per heavy atom. The third-order valence-corrected chi connectivity index (χ3v) is 6.49. The summed E-state index contributed by atoms with van der Waals surface area (Å²) in [5.74, 6) is 2.58. The number of carbonyl (C=O) groups is 1. The van der Waals surface area contributed by atoms with Gasteiger partial charge in [-0.2, -0.15) is 0 Å². The molecule has 0 radical (unpaired) electrons. The van der Waals surface area contributed by atoms with Crippen LogP contribution in [0.2, 0.25) is 0 Å². The highest BCUT2D eigenvalue weighted by Gasteiger charge is 2.22. The maximum absolute atomic E-state index is 12.5. The summed E-state index contributed by atoms with van der Waals surface area (Å²) in [6.45, 7) is 5.65. The molecule has 1 heterocycles. The molecule has 0 saturated heterocycles. The zero-order valence-electron chi connectivity index (χ0n) is 16.0. The van der Waals surface area contributed by atoms with E-state index >= 15 is 0 Å². The molecule has 1 aromatic rings. The van der Waals surface area contributed by atoms with Gasteiger partial charge in [0.15, 0.2) is 11.5 Å². The molecule has 144 valence electrons. The van der Waals surface area contributed by atoms with Crippen molar-refractivity contribution in [3.63, 3.8) is 0 Å². The number of hydrogen-bond donors (Lipinski definition) is 1. The number of fused-ring (bicyclic) bond motifs is 1. The summed E-state index contributed by atoms with van der Waals surface area (Å²) in [6, 6.07) is 6.03. The van der Waals surface area contributed by atoms with Crippen molar-refractivity contribution in [1.29, 1.82) is 0 Å². The molecule has 1 aliphatic carbocycles. The van der Waals surface area contributed by atoms with E-state index in [1.807, 2.05) is 30.0 Å². The molecular weight excluding hydrogens is 346 g/mol.